The molecule has 0 spiro atoms. The highest BCUT2D eigenvalue weighted by Crippen LogP contribution is 2.24. The molecule has 0 heterocycles. The van der Waals surface area contributed by atoms with Gasteiger partial charge in [0.25, 0.3) is 0 Å². The highest BCUT2D eigenvalue weighted by atomic mass is 35.5. The fourth-order valence-electron chi connectivity index (χ4n) is 2.20. The zero-order valence-corrected chi connectivity index (χ0v) is 14.2. The Morgan fingerprint density at radius 2 is 1.65 bits per heavy atom. The average molecular weight is 335 g/mol. The minimum atomic E-state index is -0.547. The van der Waals surface area contributed by atoms with Crippen LogP contribution in [0.3, 0.4) is 0 Å². The van der Waals surface area contributed by atoms with E-state index in [4.69, 9.17) is 10.5 Å². The number of nitrogens with one attached hydrogen (secondary N) is 1. The first kappa shape index (κ1) is 19.0. The molecule has 2 unspecified atom stereocenters. The normalized spacial score (nSPS) is 12.7. The summed E-state index contributed by atoms with van der Waals surface area (Å²) < 4.78 is 5.46. The Morgan fingerprint density at radius 3 is 2.17 bits per heavy atom. The Balaban J connectivity index is 0.00000264. The topological polar surface area (TPSA) is 64.3 Å². The van der Waals surface area contributed by atoms with Crippen LogP contribution in [0.5, 0.6) is 5.75 Å². The van der Waals surface area contributed by atoms with Crippen LogP contribution < -0.4 is 15.8 Å². The molecular weight excluding hydrogens is 312 g/mol. The number of halogens is 1. The zero-order valence-electron chi connectivity index (χ0n) is 13.4. The molecule has 4 nitrogen and oxygen atoms in total. The van der Waals surface area contributed by atoms with Gasteiger partial charge in [-0.2, -0.15) is 0 Å². The molecule has 0 aromatic heterocycles. The van der Waals surface area contributed by atoms with Crippen LogP contribution in [0.4, 0.5) is 0 Å². The second kappa shape index (κ2) is 9.18. The van der Waals surface area contributed by atoms with E-state index in [1.807, 2.05) is 61.5 Å². The number of hydrogen-bond donors (Lipinski definition) is 2. The van der Waals surface area contributed by atoms with Crippen LogP contribution in [0.2, 0.25) is 0 Å². The third-order valence-corrected chi connectivity index (χ3v) is 3.36. The maximum atomic E-state index is 12.0. The van der Waals surface area contributed by atoms with Gasteiger partial charge in [0.15, 0.2) is 0 Å². The largest absolute Gasteiger partial charge is 0.494 e. The summed E-state index contributed by atoms with van der Waals surface area (Å²) in [6.45, 7) is 4.25. The number of hydrogen-bond acceptors (Lipinski definition) is 3. The van der Waals surface area contributed by atoms with Gasteiger partial charge in [-0.25, -0.2) is 0 Å². The van der Waals surface area contributed by atoms with Gasteiger partial charge >= 0.3 is 0 Å². The smallest absolute Gasteiger partial charge is 0.237 e. The highest BCUT2D eigenvalue weighted by Gasteiger charge is 2.18. The van der Waals surface area contributed by atoms with Crippen molar-refractivity contribution in [3.63, 3.8) is 0 Å². The second-order valence-electron chi connectivity index (χ2n) is 5.14. The maximum absolute atomic E-state index is 12.0. The summed E-state index contributed by atoms with van der Waals surface area (Å²) in [6, 6.07) is 16.8. The van der Waals surface area contributed by atoms with Crippen molar-refractivity contribution in [3.05, 3.63) is 65.7 Å². The van der Waals surface area contributed by atoms with Crippen LogP contribution in [0.15, 0.2) is 54.6 Å². The molecule has 0 aliphatic carbocycles. The Labute approximate surface area is 143 Å². The van der Waals surface area contributed by atoms with Gasteiger partial charge < -0.3 is 15.8 Å². The minimum absolute atomic E-state index is 0. The van der Waals surface area contributed by atoms with Gasteiger partial charge in [0.2, 0.25) is 5.91 Å². The molecule has 0 saturated heterocycles. The zero-order chi connectivity index (χ0) is 15.9. The van der Waals surface area contributed by atoms with E-state index in [1.54, 1.807) is 6.92 Å². The molecule has 124 valence electrons. The summed E-state index contributed by atoms with van der Waals surface area (Å²) in [4.78, 5) is 12.0. The summed E-state index contributed by atoms with van der Waals surface area (Å²) in [5.74, 6) is 0.638. The number of rotatable bonds is 6. The molecule has 2 rings (SSSR count). The van der Waals surface area contributed by atoms with E-state index in [0.717, 1.165) is 16.9 Å². The number of carbonyl (C=O) groups is 1. The molecule has 5 heteroatoms. The molecule has 3 N–H and O–H groups in total. The molecule has 0 aliphatic heterocycles. The predicted molar refractivity (Wildman–Crippen MR) is 94.9 cm³/mol. The van der Waals surface area contributed by atoms with Gasteiger partial charge in [-0.05, 0) is 37.1 Å². The Bertz CT molecular complexity index is 600. The quantitative estimate of drug-likeness (QED) is 0.853. The van der Waals surface area contributed by atoms with E-state index in [1.165, 1.54) is 0 Å². The lowest BCUT2D eigenvalue weighted by Gasteiger charge is -2.21. The van der Waals surface area contributed by atoms with E-state index < -0.39 is 6.04 Å². The molecule has 0 saturated carbocycles. The molecular formula is C18H23ClN2O2. The molecule has 0 aliphatic rings. The minimum Gasteiger partial charge on any atom is -0.494 e. The van der Waals surface area contributed by atoms with Crippen LogP contribution in [-0.4, -0.2) is 18.6 Å². The van der Waals surface area contributed by atoms with Crippen LogP contribution in [-0.2, 0) is 4.79 Å². The van der Waals surface area contributed by atoms with E-state index in [0.29, 0.717) is 6.61 Å². The number of nitrogens with two attached hydrogens (primary N) is 1. The fourth-order valence-corrected chi connectivity index (χ4v) is 2.20. The number of carbonyl (C=O) groups excluding carboxylic acids is 1. The first-order chi connectivity index (χ1) is 10.6. The van der Waals surface area contributed by atoms with Crippen LogP contribution in [0.1, 0.15) is 31.0 Å². The number of ether oxygens (including phenoxy) is 1. The van der Waals surface area contributed by atoms with Crippen LogP contribution in [0.25, 0.3) is 0 Å². The highest BCUT2D eigenvalue weighted by molar-refractivity contribution is 5.85. The number of benzene rings is 2. The monoisotopic (exact) mass is 334 g/mol. The SMILES string of the molecule is CCOc1ccc(C(NC(=O)C(C)N)c2ccccc2)cc1.Cl. The Kier molecular flexibility index (Phi) is 7.59. The van der Waals surface area contributed by atoms with Crippen LogP contribution in [0, 0.1) is 0 Å². The van der Waals surface area contributed by atoms with Crippen molar-refractivity contribution < 1.29 is 9.53 Å². The van der Waals surface area contributed by atoms with Crippen molar-refractivity contribution in [1.82, 2.24) is 5.32 Å². The first-order valence-electron chi connectivity index (χ1n) is 7.45. The lowest BCUT2D eigenvalue weighted by molar-refractivity contribution is -0.122. The molecule has 2 aromatic rings. The second-order valence-corrected chi connectivity index (χ2v) is 5.14. The molecule has 23 heavy (non-hydrogen) atoms. The molecule has 0 bridgehead atoms. The summed E-state index contributed by atoms with van der Waals surface area (Å²) in [5.41, 5.74) is 7.68. The summed E-state index contributed by atoms with van der Waals surface area (Å²) in [5, 5.41) is 3.00. The summed E-state index contributed by atoms with van der Waals surface area (Å²) in [6.07, 6.45) is 0. The molecule has 0 radical (unpaired) electrons. The van der Waals surface area contributed by atoms with Crippen molar-refractivity contribution in [2.75, 3.05) is 6.61 Å². The summed E-state index contributed by atoms with van der Waals surface area (Å²) >= 11 is 0. The Morgan fingerprint density at radius 1 is 1.09 bits per heavy atom. The predicted octanol–water partition coefficient (Wildman–Crippen LogP) is 3.06. The van der Waals surface area contributed by atoms with E-state index in [2.05, 4.69) is 5.32 Å². The van der Waals surface area contributed by atoms with E-state index >= 15 is 0 Å². The van der Waals surface area contributed by atoms with Gasteiger partial charge in [0, 0.05) is 0 Å². The third kappa shape index (κ3) is 5.27. The number of amides is 1. The standard InChI is InChI=1S/C18H22N2O2.ClH/c1-3-22-16-11-9-15(10-12-16)17(20-18(21)13(2)19)14-7-5-4-6-8-14;/h4-13,17H,3,19H2,1-2H3,(H,20,21);1H. The van der Waals surface area contributed by atoms with Crippen LogP contribution >= 0.6 is 12.4 Å². The van der Waals surface area contributed by atoms with Gasteiger partial charge in [-0.15, -0.1) is 12.4 Å². The van der Waals surface area contributed by atoms with Crippen molar-refractivity contribution >= 4 is 18.3 Å². The third-order valence-electron chi connectivity index (χ3n) is 3.36. The van der Waals surface area contributed by atoms with Crippen molar-refractivity contribution in [2.45, 2.75) is 25.9 Å². The average Bonchev–Trinajstić information content (AvgIpc) is 2.54. The lowest BCUT2D eigenvalue weighted by Crippen LogP contribution is -2.40. The summed E-state index contributed by atoms with van der Waals surface area (Å²) in [7, 11) is 0. The molecule has 2 atom stereocenters. The molecule has 0 fully saturated rings. The van der Waals surface area contributed by atoms with E-state index in [-0.39, 0.29) is 24.4 Å². The molecule has 2 aromatic carbocycles. The Hall–Kier alpha value is -2.04. The van der Waals surface area contributed by atoms with E-state index in [9.17, 15) is 4.79 Å². The van der Waals surface area contributed by atoms with Crippen molar-refractivity contribution in [1.29, 1.82) is 0 Å². The van der Waals surface area contributed by atoms with Crippen molar-refractivity contribution in [3.8, 4) is 5.75 Å². The first-order valence-corrected chi connectivity index (χ1v) is 7.45. The van der Waals surface area contributed by atoms with Gasteiger partial charge in [0.1, 0.15) is 5.75 Å². The lowest BCUT2D eigenvalue weighted by atomic mass is 9.98. The van der Waals surface area contributed by atoms with Gasteiger partial charge in [0.05, 0.1) is 18.7 Å². The molecule has 1 amide bonds. The van der Waals surface area contributed by atoms with Gasteiger partial charge in [-0.3, -0.25) is 4.79 Å². The maximum Gasteiger partial charge on any atom is 0.237 e. The van der Waals surface area contributed by atoms with Crippen molar-refractivity contribution in [2.24, 2.45) is 5.73 Å². The van der Waals surface area contributed by atoms with Gasteiger partial charge in [-0.1, -0.05) is 42.5 Å². The fraction of sp³-hybridized carbons (Fsp3) is 0.278.